The Morgan fingerprint density at radius 1 is 0.867 bits per heavy atom. The van der Waals surface area contributed by atoms with Crippen LogP contribution in [0.25, 0.3) is 0 Å². The lowest BCUT2D eigenvalue weighted by molar-refractivity contribution is -0.122. The fraction of sp³-hybridized carbons (Fsp3) is 0.833. The van der Waals surface area contributed by atoms with Crippen molar-refractivity contribution in [1.82, 2.24) is 4.90 Å². The van der Waals surface area contributed by atoms with Crippen LogP contribution in [0.15, 0.2) is 0 Å². The van der Waals surface area contributed by atoms with Gasteiger partial charge in [-0.1, -0.05) is 34.6 Å². The smallest absolute Gasteiger partial charge is 0.146 e. The van der Waals surface area contributed by atoms with E-state index in [1.807, 2.05) is 39.5 Å². The van der Waals surface area contributed by atoms with Crippen LogP contribution in [0.5, 0.6) is 0 Å². The number of hydrogen-bond acceptors (Lipinski definition) is 3. The number of likely N-dealkylation sites (N-methyl/N-ethyl adjacent to an activating group) is 1. The number of Topliss-reactive ketones (excluding diaryl/α,β-unsaturated/α-hetero) is 2. The van der Waals surface area contributed by atoms with Gasteiger partial charge in [-0.2, -0.15) is 0 Å². The van der Waals surface area contributed by atoms with E-state index in [-0.39, 0.29) is 11.6 Å². The molecule has 0 spiro atoms. The molecule has 0 radical (unpaired) electrons. The molecule has 0 aliphatic carbocycles. The van der Waals surface area contributed by atoms with Crippen LogP contribution < -0.4 is 0 Å². The Kier molecular flexibility index (Phi) is 12.7. The first-order chi connectivity index (χ1) is 7.13. The van der Waals surface area contributed by atoms with E-state index in [1.165, 1.54) is 0 Å². The number of rotatable bonds is 7. The highest BCUT2D eigenvalue weighted by Gasteiger charge is 2.10. The zero-order valence-electron chi connectivity index (χ0n) is 10.8. The van der Waals surface area contributed by atoms with Gasteiger partial charge in [-0.15, -0.1) is 0 Å². The van der Waals surface area contributed by atoms with E-state index in [4.69, 9.17) is 0 Å². The molecule has 0 aliphatic heterocycles. The molecule has 90 valence electrons. The van der Waals surface area contributed by atoms with Crippen LogP contribution in [0.3, 0.4) is 0 Å². The average Bonchev–Trinajstić information content (AvgIpc) is 2.30. The van der Waals surface area contributed by atoms with Crippen molar-refractivity contribution in [3.05, 3.63) is 0 Å². The van der Waals surface area contributed by atoms with Gasteiger partial charge < -0.3 is 0 Å². The summed E-state index contributed by atoms with van der Waals surface area (Å²) in [6, 6.07) is 0. The minimum absolute atomic E-state index is 0.200. The van der Waals surface area contributed by atoms with E-state index in [9.17, 15) is 9.59 Å². The lowest BCUT2D eigenvalue weighted by Crippen LogP contribution is -2.33. The van der Waals surface area contributed by atoms with Crippen molar-refractivity contribution < 1.29 is 9.59 Å². The van der Waals surface area contributed by atoms with Gasteiger partial charge in [0.05, 0.1) is 13.1 Å². The van der Waals surface area contributed by atoms with Gasteiger partial charge in [0.1, 0.15) is 11.6 Å². The highest BCUT2D eigenvalue weighted by atomic mass is 16.1. The number of hydrogen-bond donors (Lipinski definition) is 0. The molecule has 0 N–H and O–H groups in total. The Labute approximate surface area is 93.8 Å². The van der Waals surface area contributed by atoms with Crippen molar-refractivity contribution in [1.29, 1.82) is 0 Å². The number of nitrogens with zero attached hydrogens (tertiary/aromatic N) is 1. The van der Waals surface area contributed by atoms with E-state index < -0.39 is 0 Å². The Morgan fingerprint density at radius 3 is 1.40 bits per heavy atom. The van der Waals surface area contributed by atoms with Gasteiger partial charge in [0, 0.05) is 12.8 Å². The molecule has 0 unspecified atom stereocenters. The number of carbonyl (C=O) groups is 2. The van der Waals surface area contributed by atoms with Crippen molar-refractivity contribution in [3.8, 4) is 0 Å². The third kappa shape index (κ3) is 9.60. The summed E-state index contributed by atoms with van der Waals surface area (Å²) in [6.07, 6.45) is 1.10. The van der Waals surface area contributed by atoms with Crippen LogP contribution in [0, 0.1) is 0 Å². The van der Waals surface area contributed by atoms with Gasteiger partial charge in [0.25, 0.3) is 0 Å². The Balaban J connectivity index is 0. The van der Waals surface area contributed by atoms with Gasteiger partial charge >= 0.3 is 0 Å². The van der Waals surface area contributed by atoms with Gasteiger partial charge in [-0.05, 0) is 6.54 Å². The van der Waals surface area contributed by atoms with Gasteiger partial charge in [-0.3, -0.25) is 14.5 Å². The topological polar surface area (TPSA) is 37.4 Å². The molecule has 15 heavy (non-hydrogen) atoms. The first-order valence-electron chi connectivity index (χ1n) is 5.89. The zero-order chi connectivity index (χ0) is 12.3. The van der Waals surface area contributed by atoms with Crippen LogP contribution in [-0.2, 0) is 9.59 Å². The molecule has 0 aliphatic rings. The molecule has 0 atom stereocenters. The summed E-state index contributed by atoms with van der Waals surface area (Å²) < 4.78 is 0. The van der Waals surface area contributed by atoms with Crippen LogP contribution >= 0.6 is 0 Å². The summed E-state index contributed by atoms with van der Waals surface area (Å²) >= 11 is 0. The Morgan fingerprint density at radius 2 is 1.20 bits per heavy atom. The van der Waals surface area contributed by atoms with Crippen molar-refractivity contribution in [2.24, 2.45) is 0 Å². The van der Waals surface area contributed by atoms with Gasteiger partial charge in [-0.25, -0.2) is 0 Å². The van der Waals surface area contributed by atoms with Crippen molar-refractivity contribution in [2.75, 3.05) is 19.6 Å². The summed E-state index contributed by atoms with van der Waals surface area (Å²) in [6.45, 7) is 11.2. The highest BCUT2D eigenvalue weighted by Crippen LogP contribution is 1.93. The summed E-state index contributed by atoms with van der Waals surface area (Å²) in [5.74, 6) is 0.400. The summed E-state index contributed by atoms with van der Waals surface area (Å²) in [5, 5.41) is 0. The molecule has 0 saturated heterocycles. The minimum atomic E-state index is 0.200. The van der Waals surface area contributed by atoms with Crippen LogP contribution in [0.2, 0.25) is 0 Å². The quantitative estimate of drug-likeness (QED) is 0.654. The van der Waals surface area contributed by atoms with Crippen molar-refractivity contribution in [3.63, 3.8) is 0 Å². The molecule has 0 saturated carbocycles. The molecule has 3 heteroatoms. The average molecular weight is 215 g/mol. The SMILES string of the molecule is CC.CCC(=O)CN(CC)CC(=O)CC. The zero-order valence-corrected chi connectivity index (χ0v) is 10.8. The van der Waals surface area contributed by atoms with Gasteiger partial charge in [0.15, 0.2) is 0 Å². The number of carbonyl (C=O) groups excluding carboxylic acids is 2. The van der Waals surface area contributed by atoms with E-state index in [0.29, 0.717) is 25.9 Å². The fourth-order valence-electron chi connectivity index (χ4n) is 1.00. The second-order valence-electron chi connectivity index (χ2n) is 3.09. The maximum absolute atomic E-state index is 11.1. The first kappa shape index (κ1) is 16.7. The maximum Gasteiger partial charge on any atom is 0.146 e. The van der Waals surface area contributed by atoms with Crippen molar-refractivity contribution in [2.45, 2.75) is 47.5 Å². The van der Waals surface area contributed by atoms with E-state index in [2.05, 4.69) is 0 Å². The Hall–Kier alpha value is -0.700. The van der Waals surface area contributed by atoms with Crippen LogP contribution in [0.1, 0.15) is 47.5 Å². The normalized spacial score (nSPS) is 9.47. The summed E-state index contributed by atoms with van der Waals surface area (Å²) in [4.78, 5) is 24.1. The molecule has 0 bridgehead atoms. The van der Waals surface area contributed by atoms with Crippen molar-refractivity contribution >= 4 is 11.6 Å². The first-order valence-corrected chi connectivity index (χ1v) is 5.89. The van der Waals surface area contributed by atoms with E-state index >= 15 is 0 Å². The van der Waals surface area contributed by atoms with E-state index in [1.54, 1.807) is 0 Å². The molecule has 0 heterocycles. The largest absolute Gasteiger partial charge is 0.298 e. The standard InChI is InChI=1S/C10H19NO2.C2H6/c1-4-9(12)7-11(6-3)8-10(13)5-2;1-2/h4-8H2,1-3H3;1-2H3. The Bertz CT molecular complexity index is 160. The van der Waals surface area contributed by atoms with E-state index in [0.717, 1.165) is 6.54 Å². The highest BCUT2D eigenvalue weighted by molar-refractivity contribution is 5.83. The maximum atomic E-state index is 11.1. The lowest BCUT2D eigenvalue weighted by atomic mass is 10.2. The predicted molar refractivity (Wildman–Crippen MR) is 64.1 cm³/mol. The molecule has 0 rings (SSSR count). The fourth-order valence-corrected chi connectivity index (χ4v) is 1.00. The predicted octanol–water partition coefficient (Wildman–Crippen LogP) is 2.29. The van der Waals surface area contributed by atoms with Gasteiger partial charge in [0.2, 0.25) is 0 Å². The lowest BCUT2D eigenvalue weighted by Gasteiger charge is -2.17. The third-order valence-electron chi connectivity index (χ3n) is 2.04. The monoisotopic (exact) mass is 215 g/mol. The summed E-state index contributed by atoms with van der Waals surface area (Å²) in [7, 11) is 0. The third-order valence-corrected chi connectivity index (χ3v) is 2.04. The van der Waals surface area contributed by atoms with Crippen LogP contribution in [-0.4, -0.2) is 36.1 Å². The minimum Gasteiger partial charge on any atom is -0.298 e. The molecule has 0 aromatic rings. The molecule has 0 aromatic carbocycles. The second kappa shape index (κ2) is 11.4. The molecule has 0 amide bonds. The molecule has 0 fully saturated rings. The summed E-state index contributed by atoms with van der Waals surface area (Å²) in [5.41, 5.74) is 0. The molecular weight excluding hydrogens is 190 g/mol. The molecular formula is C12H25NO2. The molecule has 3 nitrogen and oxygen atoms in total. The molecule has 0 aromatic heterocycles. The number of ketones is 2. The van der Waals surface area contributed by atoms with Crippen LogP contribution in [0.4, 0.5) is 0 Å². The second-order valence-corrected chi connectivity index (χ2v) is 3.09.